The number of hydrogen-bond acceptors (Lipinski definition) is 3. The molecule has 0 saturated heterocycles. The number of benzene rings is 3. The summed E-state index contributed by atoms with van der Waals surface area (Å²) >= 11 is 0. The number of carbonyl (C=O) groups excluding carboxylic acids is 1. The van der Waals surface area contributed by atoms with Gasteiger partial charge in [-0.1, -0.05) is 42.5 Å². The molecule has 7 heteroatoms. The van der Waals surface area contributed by atoms with Crippen molar-refractivity contribution in [3.05, 3.63) is 95.3 Å². The van der Waals surface area contributed by atoms with Gasteiger partial charge in [-0.2, -0.15) is 4.31 Å². The summed E-state index contributed by atoms with van der Waals surface area (Å²) in [5.74, 6) is -0.810. The van der Waals surface area contributed by atoms with Crippen molar-refractivity contribution in [2.45, 2.75) is 25.2 Å². The predicted octanol–water partition coefficient (Wildman–Crippen LogP) is 4.34. The third kappa shape index (κ3) is 5.60. The molecular weight excluding hydrogens is 427 g/mol. The average Bonchev–Trinajstić information content (AvgIpc) is 2.78. The number of likely N-dealkylation sites (N-methyl/N-ethyl adjacent to an activating group) is 1. The molecule has 0 saturated carbocycles. The number of halogens is 1. The SMILES string of the molecule is Cc1ccc(C)c(S(=O)(=O)N(CCc2ccccc2)CC(=O)N(C)c2ccc(F)cc2)c1. The molecule has 1 amide bonds. The summed E-state index contributed by atoms with van der Waals surface area (Å²) in [5.41, 5.74) is 2.92. The molecule has 0 aliphatic heterocycles. The zero-order valence-corrected chi connectivity index (χ0v) is 19.3. The molecular formula is C25H27FN2O3S. The average molecular weight is 455 g/mol. The van der Waals surface area contributed by atoms with Crippen molar-refractivity contribution in [2.75, 3.05) is 25.0 Å². The minimum atomic E-state index is -3.92. The molecule has 0 heterocycles. The van der Waals surface area contributed by atoms with Crippen LogP contribution in [0.3, 0.4) is 0 Å². The van der Waals surface area contributed by atoms with Crippen molar-refractivity contribution < 1.29 is 17.6 Å². The van der Waals surface area contributed by atoms with E-state index in [1.165, 1.54) is 33.5 Å². The summed E-state index contributed by atoms with van der Waals surface area (Å²) in [5, 5.41) is 0. The molecule has 0 aliphatic rings. The zero-order valence-electron chi connectivity index (χ0n) is 18.5. The molecule has 0 radical (unpaired) electrons. The largest absolute Gasteiger partial charge is 0.314 e. The van der Waals surface area contributed by atoms with E-state index in [1.807, 2.05) is 43.3 Å². The summed E-state index contributed by atoms with van der Waals surface area (Å²) < 4.78 is 41.6. The lowest BCUT2D eigenvalue weighted by Crippen LogP contribution is -2.42. The first-order chi connectivity index (χ1) is 15.2. The highest BCUT2D eigenvalue weighted by Gasteiger charge is 2.29. The lowest BCUT2D eigenvalue weighted by Gasteiger charge is -2.26. The summed E-state index contributed by atoms with van der Waals surface area (Å²) in [7, 11) is -2.36. The predicted molar refractivity (Wildman–Crippen MR) is 125 cm³/mol. The van der Waals surface area contributed by atoms with Crippen molar-refractivity contribution in [3.63, 3.8) is 0 Å². The molecule has 0 aliphatic carbocycles. The number of aryl methyl sites for hydroxylation is 2. The Morgan fingerprint density at radius 1 is 0.938 bits per heavy atom. The van der Waals surface area contributed by atoms with E-state index in [1.54, 1.807) is 26.1 Å². The van der Waals surface area contributed by atoms with Crippen molar-refractivity contribution in [2.24, 2.45) is 0 Å². The minimum absolute atomic E-state index is 0.155. The van der Waals surface area contributed by atoms with Crippen LogP contribution >= 0.6 is 0 Å². The Morgan fingerprint density at radius 3 is 2.25 bits per heavy atom. The number of amides is 1. The molecule has 0 N–H and O–H groups in total. The fraction of sp³-hybridized carbons (Fsp3) is 0.240. The molecule has 0 bridgehead atoms. The van der Waals surface area contributed by atoms with Gasteiger partial charge in [0.1, 0.15) is 5.82 Å². The van der Waals surface area contributed by atoms with Gasteiger partial charge < -0.3 is 4.90 Å². The Bertz CT molecular complexity index is 1180. The zero-order chi connectivity index (χ0) is 23.3. The first-order valence-corrected chi connectivity index (χ1v) is 11.8. The van der Waals surface area contributed by atoms with Crippen LogP contribution in [0.1, 0.15) is 16.7 Å². The Labute approximate surface area is 189 Å². The number of anilines is 1. The molecule has 32 heavy (non-hydrogen) atoms. The quantitative estimate of drug-likeness (QED) is 0.509. The standard InChI is InChI=1S/C25H27FN2O3S/c1-19-9-10-20(2)24(17-19)32(30,31)28(16-15-21-7-5-4-6-8-21)18-25(29)27(3)23-13-11-22(26)12-14-23/h4-14,17H,15-16,18H2,1-3H3. The highest BCUT2D eigenvalue weighted by atomic mass is 32.2. The lowest BCUT2D eigenvalue weighted by atomic mass is 10.1. The van der Waals surface area contributed by atoms with Crippen molar-refractivity contribution in [1.29, 1.82) is 0 Å². The van der Waals surface area contributed by atoms with Crippen LogP contribution in [0.25, 0.3) is 0 Å². The van der Waals surface area contributed by atoms with Crippen LogP contribution < -0.4 is 4.90 Å². The van der Waals surface area contributed by atoms with Crippen LogP contribution in [-0.2, 0) is 21.2 Å². The summed E-state index contributed by atoms with van der Waals surface area (Å²) in [6.45, 7) is 3.41. The molecule has 3 aromatic rings. The molecule has 3 aromatic carbocycles. The van der Waals surface area contributed by atoms with E-state index in [-0.39, 0.29) is 18.0 Å². The maximum Gasteiger partial charge on any atom is 0.243 e. The van der Waals surface area contributed by atoms with E-state index in [9.17, 15) is 17.6 Å². The molecule has 3 rings (SSSR count). The van der Waals surface area contributed by atoms with Gasteiger partial charge in [0.25, 0.3) is 0 Å². The van der Waals surface area contributed by atoms with Gasteiger partial charge in [-0.25, -0.2) is 12.8 Å². The van der Waals surface area contributed by atoms with E-state index in [2.05, 4.69) is 0 Å². The fourth-order valence-corrected chi connectivity index (χ4v) is 5.07. The van der Waals surface area contributed by atoms with Crippen LogP contribution in [0.4, 0.5) is 10.1 Å². The van der Waals surface area contributed by atoms with Crippen molar-refractivity contribution >= 4 is 21.6 Å². The Morgan fingerprint density at radius 2 is 1.59 bits per heavy atom. The van der Waals surface area contributed by atoms with E-state index < -0.39 is 21.7 Å². The van der Waals surface area contributed by atoms with Gasteiger partial charge in [0.15, 0.2) is 0 Å². The smallest absolute Gasteiger partial charge is 0.243 e. The molecule has 0 aromatic heterocycles. The van der Waals surface area contributed by atoms with Crippen molar-refractivity contribution in [3.8, 4) is 0 Å². The van der Waals surface area contributed by atoms with Crippen LogP contribution in [0, 0.1) is 19.7 Å². The summed E-state index contributed by atoms with van der Waals surface area (Å²) in [6, 6.07) is 20.3. The number of carbonyl (C=O) groups is 1. The summed E-state index contributed by atoms with van der Waals surface area (Å²) in [6.07, 6.45) is 0.471. The van der Waals surface area contributed by atoms with Gasteiger partial charge in [-0.3, -0.25) is 4.79 Å². The maximum absolute atomic E-state index is 13.6. The van der Waals surface area contributed by atoms with Gasteiger partial charge in [-0.15, -0.1) is 0 Å². The van der Waals surface area contributed by atoms with E-state index >= 15 is 0 Å². The molecule has 0 unspecified atom stereocenters. The van der Waals surface area contributed by atoms with Crippen LogP contribution in [-0.4, -0.2) is 38.8 Å². The minimum Gasteiger partial charge on any atom is -0.314 e. The van der Waals surface area contributed by atoms with Gasteiger partial charge in [0, 0.05) is 19.3 Å². The van der Waals surface area contributed by atoms with Gasteiger partial charge in [0.05, 0.1) is 11.4 Å². The molecule has 0 spiro atoms. The highest BCUT2D eigenvalue weighted by molar-refractivity contribution is 7.89. The second kappa shape index (κ2) is 10.1. The Balaban J connectivity index is 1.90. The third-order valence-corrected chi connectivity index (χ3v) is 7.34. The summed E-state index contributed by atoms with van der Waals surface area (Å²) in [4.78, 5) is 14.5. The number of sulfonamides is 1. The molecule has 0 atom stereocenters. The first kappa shape index (κ1) is 23.6. The Kier molecular flexibility index (Phi) is 7.43. The van der Waals surface area contributed by atoms with Crippen LogP contribution in [0.5, 0.6) is 0 Å². The molecule has 5 nitrogen and oxygen atoms in total. The molecule has 168 valence electrons. The fourth-order valence-electron chi connectivity index (χ4n) is 3.37. The second-order valence-electron chi connectivity index (χ2n) is 7.77. The number of nitrogens with zero attached hydrogens (tertiary/aromatic N) is 2. The third-order valence-electron chi connectivity index (χ3n) is 5.35. The first-order valence-electron chi connectivity index (χ1n) is 10.3. The lowest BCUT2D eigenvalue weighted by molar-refractivity contribution is -0.118. The topological polar surface area (TPSA) is 57.7 Å². The van der Waals surface area contributed by atoms with Crippen LogP contribution in [0.15, 0.2) is 77.7 Å². The number of rotatable bonds is 8. The van der Waals surface area contributed by atoms with E-state index in [0.29, 0.717) is 17.7 Å². The van der Waals surface area contributed by atoms with Crippen LogP contribution in [0.2, 0.25) is 0 Å². The maximum atomic E-state index is 13.6. The normalized spacial score (nSPS) is 11.5. The highest BCUT2D eigenvalue weighted by Crippen LogP contribution is 2.22. The number of hydrogen-bond donors (Lipinski definition) is 0. The van der Waals surface area contributed by atoms with Crippen molar-refractivity contribution in [1.82, 2.24) is 4.31 Å². The second-order valence-corrected chi connectivity index (χ2v) is 9.68. The van der Waals surface area contributed by atoms with Gasteiger partial charge >= 0.3 is 0 Å². The van der Waals surface area contributed by atoms with Gasteiger partial charge in [0.2, 0.25) is 15.9 Å². The van der Waals surface area contributed by atoms with E-state index in [4.69, 9.17) is 0 Å². The molecule has 0 fully saturated rings. The van der Waals surface area contributed by atoms with Gasteiger partial charge in [-0.05, 0) is 67.3 Å². The Hall–Kier alpha value is -3.03. The van der Waals surface area contributed by atoms with E-state index in [0.717, 1.165) is 11.1 Å². The monoisotopic (exact) mass is 454 g/mol.